The molecule has 0 saturated heterocycles. The van der Waals surface area contributed by atoms with Crippen LogP contribution in [0.5, 0.6) is 5.75 Å². The predicted molar refractivity (Wildman–Crippen MR) is 117 cm³/mol. The van der Waals surface area contributed by atoms with Gasteiger partial charge in [-0.2, -0.15) is 9.78 Å². The number of nitrogens with one attached hydrogen (secondary N) is 1. The van der Waals surface area contributed by atoms with Crippen molar-refractivity contribution in [3.05, 3.63) is 53.3 Å². The summed E-state index contributed by atoms with van der Waals surface area (Å²) in [4.78, 5) is 14.7. The summed E-state index contributed by atoms with van der Waals surface area (Å²) < 4.78 is 11.4. The number of carbonyl (C=O) groups excluding carboxylic acids is 1. The first-order valence-electron chi connectivity index (χ1n) is 9.56. The third kappa shape index (κ3) is 3.98. The summed E-state index contributed by atoms with van der Waals surface area (Å²) in [7, 11) is 5.26. The van der Waals surface area contributed by atoms with Crippen LogP contribution in [0.15, 0.2) is 46.1 Å². The first-order valence-corrected chi connectivity index (χ1v) is 9.56. The summed E-state index contributed by atoms with van der Waals surface area (Å²) in [5, 5.41) is 21.3. The molecule has 0 aliphatic rings. The molecular weight excluding hydrogens is 414 g/mol. The van der Waals surface area contributed by atoms with Crippen LogP contribution in [0.3, 0.4) is 0 Å². The summed E-state index contributed by atoms with van der Waals surface area (Å²) in [5.74, 6) is 0.272. The van der Waals surface area contributed by atoms with E-state index in [0.29, 0.717) is 18.0 Å². The highest BCUT2D eigenvalue weighted by atomic mass is 16.6. The second-order valence-corrected chi connectivity index (χ2v) is 7.11. The number of amides is 1. The minimum Gasteiger partial charge on any atom is -0.496 e. The lowest BCUT2D eigenvalue weighted by Gasteiger charge is -2.11. The first-order chi connectivity index (χ1) is 15.5. The van der Waals surface area contributed by atoms with Crippen molar-refractivity contribution in [2.45, 2.75) is 6.54 Å². The number of benzene rings is 2. The Morgan fingerprint density at radius 3 is 2.81 bits per heavy atom. The second kappa shape index (κ2) is 8.81. The van der Waals surface area contributed by atoms with Crippen LogP contribution in [0.4, 0.5) is 5.82 Å². The van der Waals surface area contributed by atoms with Crippen LogP contribution >= 0.6 is 0 Å². The van der Waals surface area contributed by atoms with Crippen molar-refractivity contribution in [3.8, 4) is 11.6 Å². The first kappa shape index (κ1) is 20.9. The van der Waals surface area contributed by atoms with Crippen molar-refractivity contribution < 1.29 is 14.2 Å². The highest BCUT2D eigenvalue weighted by Gasteiger charge is 2.24. The minimum atomic E-state index is -0.543. The molecule has 0 radical (unpaired) electrons. The summed E-state index contributed by atoms with van der Waals surface area (Å²) in [6.07, 6.45) is 1.54. The molecule has 12 nitrogen and oxygen atoms in total. The molecule has 0 spiro atoms. The van der Waals surface area contributed by atoms with Gasteiger partial charge in [-0.25, -0.2) is 10.1 Å². The van der Waals surface area contributed by atoms with Crippen molar-refractivity contribution in [3.63, 3.8) is 0 Å². The third-order valence-corrected chi connectivity index (χ3v) is 4.65. The molecule has 0 fully saturated rings. The molecule has 32 heavy (non-hydrogen) atoms. The Hall–Kier alpha value is -4.32. The molecule has 164 valence electrons. The SMILES string of the molecule is COc1ccc2ccccc2c1/C=N/NC(=O)c1nnn(-c2nonc2N)c1CN(C)C. The number of aromatic nitrogens is 5. The van der Waals surface area contributed by atoms with Crippen LogP contribution in [0.25, 0.3) is 16.6 Å². The molecule has 0 unspecified atom stereocenters. The van der Waals surface area contributed by atoms with Crippen molar-refractivity contribution in [1.29, 1.82) is 0 Å². The zero-order chi connectivity index (χ0) is 22.7. The van der Waals surface area contributed by atoms with E-state index in [-0.39, 0.29) is 17.3 Å². The fourth-order valence-corrected chi connectivity index (χ4v) is 3.22. The van der Waals surface area contributed by atoms with Gasteiger partial charge >= 0.3 is 0 Å². The highest BCUT2D eigenvalue weighted by molar-refractivity contribution is 6.03. The third-order valence-electron chi connectivity index (χ3n) is 4.65. The molecule has 1 amide bonds. The van der Waals surface area contributed by atoms with Gasteiger partial charge in [0.25, 0.3) is 5.91 Å². The molecule has 3 N–H and O–H groups in total. The van der Waals surface area contributed by atoms with E-state index in [2.05, 4.69) is 35.8 Å². The van der Waals surface area contributed by atoms with Gasteiger partial charge in [0.1, 0.15) is 5.75 Å². The topological polar surface area (TPSA) is 150 Å². The fourth-order valence-electron chi connectivity index (χ4n) is 3.22. The summed E-state index contributed by atoms with van der Waals surface area (Å²) in [5.41, 5.74) is 9.53. The summed E-state index contributed by atoms with van der Waals surface area (Å²) in [6, 6.07) is 11.6. The average molecular weight is 435 g/mol. The second-order valence-electron chi connectivity index (χ2n) is 7.11. The number of carbonyl (C=O) groups is 1. The van der Waals surface area contributed by atoms with E-state index < -0.39 is 5.91 Å². The Balaban J connectivity index is 1.63. The molecule has 0 aliphatic carbocycles. The van der Waals surface area contributed by atoms with E-state index in [4.69, 9.17) is 10.5 Å². The summed E-state index contributed by atoms with van der Waals surface area (Å²) >= 11 is 0. The number of hydrazone groups is 1. The fraction of sp³-hybridized carbons (Fsp3) is 0.200. The Labute approximate surface area is 182 Å². The van der Waals surface area contributed by atoms with Crippen LogP contribution in [0, 0.1) is 0 Å². The highest BCUT2D eigenvalue weighted by Crippen LogP contribution is 2.26. The Morgan fingerprint density at radius 1 is 1.28 bits per heavy atom. The molecule has 2 aromatic heterocycles. The van der Waals surface area contributed by atoms with Gasteiger partial charge in [0.15, 0.2) is 5.69 Å². The van der Waals surface area contributed by atoms with Gasteiger partial charge in [0.2, 0.25) is 11.6 Å². The molecule has 4 aromatic rings. The molecular formula is C20H21N9O3. The van der Waals surface area contributed by atoms with Crippen LogP contribution < -0.4 is 15.9 Å². The monoisotopic (exact) mass is 435 g/mol. The van der Waals surface area contributed by atoms with E-state index in [1.54, 1.807) is 7.11 Å². The zero-order valence-electron chi connectivity index (χ0n) is 17.7. The number of hydrogen-bond acceptors (Lipinski definition) is 10. The number of hydrogen-bond donors (Lipinski definition) is 2. The Kier molecular flexibility index (Phi) is 5.77. The maximum Gasteiger partial charge on any atom is 0.293 e. The largest absolute Gasteiger partial charge is 0.496 e. The van der Waals surface area contributed by atoms with Crippen LogP contribution in [0.2, 0.25) is 0 Å². The lowest BCUT2D eigenvalue weighted by molar-refractivity contribution is 0.0948. The maximum absolute atomic E-state index is 12.8. The number of fused-ring (bicyclic) bond motifs is 1. The van der Waals surface area contributed by atoms with Crippen molar-refractivity contribution in [1.82, 2.24) is 35.6 Å². The minimum absolute atomic E-state index is 0.0305. The number of nitrogens with zero attached hydrogens (tertiary/aromatic N) is 7. The van der Waals surface area contributed by atoms with Gasteiger partial charge in [-0.1, -0.05) is 35.5 Å². The standard InChI is InChI=1S/C20H21N9O3/c1-28(2)11-15-17(23-27-29(15)19-18(21)25-32-26-19)20(30)24-22-10-14-13-7-5-4-6-12(13)8-9-16(14)31-3/h4-10H,11H2,1-3H3,(H2,21,25)(H,24,30)/b22-10+. The van der Waals surface area contributed by atoms with Crippen LogP contribution in [-0.4, -0.2) is 63.5 Å². The van der Waals surface area contributed by atoms with E-state index in [9.17, 15) is 4.79 Å². The molecule has 2 heterocycles. The molecule has 0 bridgehead atoms. The van der Waals surface area contributed by atoms with Crippen molar-refractivity contribution in [2.24, 2.45) is 5.10 Å². The number of rotatable bonds is 7. The van der Waals surface area contributed by atoms with E-state index >= 15 is 0 Å². The van der Waals surface area contributed by atoms with Crippen molar-refractivity contribution >= 4 is 28.7 Å². The summed E-state index contributed by atoms with van der Waals surface area (Å²) in [6.45, 7) is 0.336. The molecule has 2 aromatic carbocycles. The number of nitrogen functional groups attached to an aromatic ring is 1. The smallest absolute Gasteiger partial charge is 0.293 e. The maximum atomic E-state index is 12.8. The normalized spacial score (nSPS) is 11.5. The van der Waals surface area contributed by atoms with Crippen molar-refractivity contribution in [2.75, 3.05) is 26.9 Å². The number of anilines is 1. The van der Waals surface area contributed by atoms with Gasteiger partial charge in [-0.15, -0.1) is 5.10 Å². The van der Waals surface area contributed by atoms with Crippen LogP contribution in [0.1, 0.15) is 21.7 Å². The molecule has 4 rings (SSSR count). The average Bonchev–Trinajstić information content (AvgIpc) is 3.38. The molecule has 0 aliphatic heterocycles. The quantitative estimate of drug-likeness (QED) is 0.323. The molecule has 0 atom stereocenters. The van der Waals surface area contributed by atoms with Gasteiger partial charge in [0.05, 0.1) is 19.0 Å². The number of methoxy groups -OCH3 is 1. The zero-order valence-corrected chi connectivity index (χ0v) is 17.7. The number of nitrogens with two attached hydrogens (primary N) is 1. The molecule has 0 saturated carbocycles. The molecule has 12 heteroatoms. The van der Waals surface area contributed by atoms with Gasteiger partial charge in [0, 0.05) is 12.1 Å². The van der Waals surface area contributed by atoms with Gasteiger partial charge in [-0.05, 0) is 41.2 Å². The Bertz CT molecular complexity index is 1290. The van der Waals surface area contributed by atoms with Crippen LogP contribution in [-0.2, 0) is 6.54 Å². The van der Waals surface area contributed by atoms with Gasteiger partial charge in [-0.3, -0.25) is 4.79 Å². The lowest BCUT2D eigenvalue weighted by atomic mass is 10.0. The van der Waals surface area contributed by atoms with Gasteiger partial charge < -0.3 is 15.4 Å². The lowest BCUT2D eigenvalue weighted by Crippen LogP contribution is -2.23. The van der Waals surface area contributed by atoms with E-state index in [1.165, 1.54) is 10.9 Å². The number of ether oxygens (including phenoxy) is 1. The van der Waals surface area contributed by atoms with E-state index in [0.717, 1.165) is 16.3 Å². The van der Waals surface area contributed by atoms with E-state index in [1.807, 2.05) is 55.4 Å². The Morgan fingerprint density at radius 2 is 2.09 bits per heavy atom. The predicted octanol–water partition coefficient (Wildman–Crippen LogP) is 1.22.